The van der Waals surface area contributed by atoms with E-state index in [0.717, 1.165) is 35.4 Å². The largest absolute Gasteiger partial charge is 0.573 e. The van der Waals surface area contributed by atoms with E-state index >= 15 is 0 Å². The van der Waals surface area contributed by atoms with Crippen LogP contribution in [-0.4, -0.2) is 118 Å². The molecule has 0 saturated heterocycles. The van der Waals surface area contributed by atoms with Gasteiger partial charge in [0.15, 0.2) is 0 Å². The number of esters is 1. The predicted molar refractivity (Wildman–Crippen MR) is 238 cm³/mol. The molecule has 378 valence electrons. The molecule has 4 heterocycles. The van der Waals surface area contributed by atoms with Crippen molar-refractivity contribution in [3.05, 3.63) is 131 Å². The second kappa shape index (κ2) is 23.8. The Bertz CT molecular complexity index is 3040. The maximum atomic E-state index is 12.3. The van der Waals surface area contributed by atoms with Crippen LogP contribution in [0.3, 0.4) is 0 Å². The number of halogens is 6. The summed E-state index contributed by atoms with van der Waals surface area (Å²) in [6, 6.07) is 24.0. The Morgan fingerprint density at radius 2 is 1.07 bits per heavy atom. The SMILES string of the molecule is COC(=O)c1cccc(Cn2nc(-c3nc(-c4ccc(OC(F)(F)F)cc4)no3)nc2C)c1.Cc1nc(-c2nc(-c3ccc(OC(F)(F)F)cc3)no2)nn1Cc1cccc(C(=O)NCCO)c1.NCCO. The van der Waals surface area contributed by atoms with Crippen LogP contribution in [0.4, 0.5) is 26.3 Å². The van der Waals surface area contributed by atoms with Crippen LogP contribution in [0.15, 0.2) is 106 Å². The van der Waals surface area contributed by atoms with Gasteiger partial charge in [0.1, 0.15) is 23.1 Å². The molecule has 4 aromatic carbocycles. The molecule has 27 heteroatoms. The van der Waals surface area contributed by atoms with E-state index in [1.165, 1.54) is 31.4 Å². The number of nitrogens with one attached hydrogen (secondary N) is 1. The summed E-state index contributed by atoms with van der Waals surface area (Å²) in [6.45, 7) is 4.63. The lowest BCUT2D eigenvalue weighted by Gasteiger charge is -2.08. The Labute approximate surface area is 403 Å². The van der Waals surface area contributed by atoms with Gasteiger partial charge in [-0.1, -0.05) is 34.6 Å². The van der Waals surface area contributed by atoms with Crippen molar-refractivity contribution in [2.24, 2.45) is 5.73 Å². The number of amides is 1. The van der Waals surface area contributed by atoms with Gasteiger partial charge in [-0.25, -0.2) is 24.1 Å². The molecular weight excluding hydrogens is 967 g/mol. The highest BCUT2D eigenvalue weighted by molar-refractivity contribution is 5.94. The van der Waals surface area contributed by atoms with Crippen LogP contribution in [-0.2, 0) is 17.8 Å². The molecule has 0 aliphatic heterocycles. The minimum Gasteiger partial charge on any atom is -0.465 e. The highest BCUT2D eigenvalue weighted by Crippen LogP contribution is 2.28. The summed E-state index contributed by atoms with van der Waals surface area (Å²) in [5, 5.41) is 35.7. The number of aliphatic hydroxyl groups is 2. The molecule has 1 amide bonds. The zero-order valence-electron chi connectivity index (χ0n) is 38.0. The average molecular weight is 1010 g/mol. The number of carbonyl (C=O) groups excluding carboxylic acids is 2. The maximum Gasteiger partial charge on any atom is 0.573 e. The molecule has 0 bridgehead atoms. The summed E-state index contributed by atoms with van der Waals surface area (Å²) in [5.74, 6) is 0.418. The Morgan fingerprint density at radius 1 is 0.639 bits per heavy atom. The first kappa shape index (κ1) is 52.8. The minimum atomic E-state index is -4.78. The first-order chi connectivity index (χ1) is 34.3. The van der Waals surface area contributed by atoms with E-state index in [9.17, 15) is 35.9 Å². The second-order valence-corrected chi connectivity index (χ2v) is 14.7. The molecule has 72 heavy (non-hydrogen) atoms. The van der Waals surface area contributed by atoms with Crippen LogP contribution in [0.5, 0.6) is 11.5 Å². The predicted octanol–water partition coefficient (Wildman–Crippen LogP) is 5.95. The molecule has 0 aliphatic carbocycles. The zero-order valence-corrected chi connectivity index (χ0v) is 38.0. The van der Waals surface area contributed by atoms with Gasteiger partial charge in [-0.2, -0.15) is 9.97 Å². The van der Waals surface area contributed by atoms with Gasteiger partial charge in [-0.3, -0.25) is 4.79 Å². The fraction of sp³-hybridized carbons (Fsp3) is 0.244. The standard InChI is InChI=1S/C22H19F3N6O4.C21H16F3N5O4.C2H7NO/c1-13-27-19(29-31(13)12-14-3-2-4-16(11-14)20(33)26-9-10-32)21-28-18(30-35-21)15-5-7-17(8-6-15)34-22(23,24)25;1-12-25-18(27-29(12)11-13-4-3-5-15(10-13)20(30)31-2)19-26-17(28-33-19)14-6-8-16(9-7-14)32-21(22,23)24;3-1-2-4/h2-8,11,32H,9-10,12H2,1H3,(H,26,33);3-10H,11H2,1-2H3;4H,1-3H2. The quantitative estimate of drug-likeness (QED) is 0.0682. The molecule has 0 atom stereocenters. The van der Waals surface area contributed by atoms with Gasteiger partial charge in [-0.15, -0.1) is 36.5 Å². The number of rotatable bonds is 15. The van der Waals surface area contributed by atoms with E-state index in [0.29, 0.717) is 53.5 Å². The summed E-state index contributed by atoms with van der Waals surface area (Å²) in [6.07, 6.45) is -9.55. The number of hydrogen-bond donors (Lipinski definition) is 4. The summed E-state index contributed by atoms with van der Waals surface area (Å²) in [4.78, 5) is 41.0. The molecule has 0 fully saturated rings. The minimum absolute atomic E-state index is 0.0367. The van der Waals surface area contributed by atoms with E-state index in [1.807, 2.05) is 12.1 Å². The van der Waals surface area contributed by atoms with Gasteiger partial charge in [0.05, 0.1) is 39.0 Å². The van der Waals surface area contributed by atoms with E-state index < -0.39 is 18.7 Å². The Hall–Kier alpha value is -8.56. The molecule has 21 nitrogen and oxygen atoms in total. The van der Waals surface area contributed by atoms with Gasteiger partial charge in [-0.05, 0) is 97.8 Å². The summed E-state index contributed by atoms with van der Waals surface area (Å²) in [7, 11) is 1.31. The van der Waals surface area contributed by atoms with Gasteiger partial charge < -0.3 is 44.5 Å². The number of ether oxygens (including phenoxy) is 3. The molecule has 4 aromatic heterocycles. The molecular formula is C45H42F6N12O9. The maximum absolute atomic E-state index is 12.3. The highest BCUT2D eigenvalue weighted by atomic mass is 19.4. The highest BCUT2D eigenvalue weighted by Gasteiger charge is 2.32. The van der Waals surface area contributed by atoms with E-state index in [1.54, 1.807) is 59.6 Å². The van der Waals surface area contributed by atoms with E-state index in [2.05, 4.69) is 55.2 Å². The molecule has 8 rings (SSSR count). The number of nitrogens with two attached hydrogens (primary N) is 1. The van der Waals surface area contributed by atoms with Crippen LogP contribution in [0.2, 0.25) is 0 Å². The molecule has 0 spiro atoms. The van der Waals surface area contributed by atoms with Crippen molar-refractivity contribution in [1.29, 1.82) is 0 Å². The van der Waals surface area contributed by atoms with E-state index in [4.69, 9.17) is 29.7 Å². The van der Waals surface area contributed by atoms with Crippen molar-refractivity contribution >= 4 is 11.9 Å². The number of alkyl halides is 6. The summed E-state index contributed by atoms with van der Waals surface area (Å²) >= 11 is 0. The third kappa shape index (κ3) is 15.0. The number of carbonyl (C=O) groups is 2. The van der Waals surface area contributed by atoms with Crippen molar-refractivity contribution < 1.29 is 69.4 Å². The van der Waals surface area contributed by atoms with Crippen LogP contribution in [0, 0.1) is 13.8 Å². The molecule has 8 aromatic rings. The molecule has 0 aliphatic rings. The number of methoxy groups -OCH3 is 1. The summed E-state index contributed by atoms with van der Waals surface area (Å²) < 4.78 is 100.0. The van der Waals surface area contributed by atoms with Gasteiger partial charge in [0.25, 0.3) is 17.7 Å². The van der Waals surface area contributed by atoms with Gasteiger partial charge in [0.2, 0.25) is 23.3 Å². The summed E-state index contributed by atoms with van der Waals surface area (Å²) in [5.41, 5.74) is 8.10. The van der Waals surface area contributed by atoms with Crippen LogP contribution in [0.1, 0.15) is 43.5 Å². The van der Waals surface area contributed by atoms with Crippen LogP contribution in [0.25, 0.3) is 46.2 Å². The first-order valence-electron chi connectivity index (χ1n) is 21.0. The molecule has 5 N–H and O–H groups in total. The van der Waals surface area contributed by atoms with Crippen molar-refractivity contribution in [2.75, 3.05) is 33.4 Å². The fourth-order valence-corrected chi connectivity index (χ4v) is 6.14. The number of aliphatic hydroxyl groups excluding tert-OH is 2. The zero-order chi connectivity index (χ0) is 52.0. The smallest absolute Gasteiger partial charge is 0.465 e. The Morgan fingerprint density at radius 3 is 1.47 bits per heavy atom. The van der Waals surface area contributed by atoms with Gasteiger partial charge in [0, 0.05) is 29.8 Å². The lowest BCUT2D eigenvalue weighted by atomic mass is 10.1. The number of hydrogen-bond acceptors (Lipinski definition) is 18. The number of aryl methyl sites for hydroxylation is 2. The molecule has 0 saturated carbocycles. The Balaban J connectivity index is 0.000000219. The second-order valence-electron chi connectivity index (χ2n) is 14.7. The van der Waals surface area contributed by atoms with Crippen molar-refractivity contribution in [1.82, 2.24) is 55.1 Å². The number of aromatic nitrogens is 10. The molecule has 0 unspecified atom stereocenters. The fourth-order valence-electron chi connectivity index (χ4n) is 6.14. The van der Waals surface area contributed by atoms with Crippen LogP contribution < -0.4 is 20.5 Å². The van der Waals surface area contributed by atoms with Crippen molar-refractivity contribution in [2.45, 2.75) is 39.7 Å². The lowest BCUT2D eigenvalue weighted by Crippen LogP contribution is -2.26. The van der Waals surface area contributed by atoms with Crippen LogP contribution >= 0.6 is 0 Å². The number of nitrogens with zero attached hydrogens (tertiary/aromatic N) is 10. The van der Waals surface area contributed by atoms with Crippen molar-refractivity contribution in [3.63, 3.8) is 0 Å². The van der Waals surface area contributed by atoms with Gasteiger partial charge >= 0.3 is 18.7 Å². The third-order valence-corrected chi connectivity index (χ3v) is 9.37. The third-order valence-electron chi connectivity index (χ3n) is 9.37. The van der Waals surface area contributed by atoms with Crippen molar-refractivity contribution in [3.8, 4) is 57.7 Å². The number of benzene rings is 4. The monoisotopic (exact) mass is 1010 g/mol. The normalized spacial score (nSPS) is 11.2. The van der Waals surface area contributed by atoms with E-state index in [-0.39, 0.29) is 72.2 Å². The topological polar surface area (TPSA) is 280 Å². The Kier molecular flexibility index (Phi) is 17.5. The molecule has 0 radical (unpaired) electrons. The average Bonchev–Trinajstić information content (AvgIpc) is 4.19. The lowest BCUT2D eigenvalue weighted by molar-refractivity contribution is -0.275. The first-order valence-corrected chi connectivity index (χ1v) is 21.0.